The number of hydrogen-bond acceptors (Lipinski definition) is 2. The zero-order valence-electron chi connectivity index (χ0n) is 24.8. The zero-order valence-corrected chi connectivity index (χ0v) is 25.7. The van der Waals surface area contributed by atoms with Crippen molar-refractivity contribution in [2.24, 2.45) is 44.8 Å². The SMILES string of the molecule is C=P(C)(C)[C@]12CCC(C)(C)C[C@H]1[C@H]1C(=O)C=C3[C@@]4(C)C=C(C)C(=O)C(C)(C)[C@@H]4CC[C@@]3(C)[C@]1(C)CC2. The molecule has 0 heterocycles. The highest BCUT2D eigenvalue weighted by molar-refractivity contribution is 7.73. The van der Waals surface area contributed by atoms with Crippen LogP contribution in [-0.2, 0) is 9.59 Å². The second-order valence-electron chi connectivity index (χ2n) is 16.2. The van der Waals surface area contributed by atoms with Crippen molar-refractivity contribution in [3.8, 4) is 0 Å². The highest BCUT2D eigenvalue weighted by atomic mass is 31.2. The summed E-state index contributed by atoms with van der Waals surface area (Å²) in [5.41, 5.74) is 1.79. The van der Waals surface area contributed by atoms with Crippen LogP contribution in [0.3, 0.4) is 0 Å². The van der Waals surface area contributed by atoms with Crippen LogP contribution in [-0.4, -0.2) is 36.4 Å². The average molecular weight is 511 g/mol. The Morgan fingerprint density at radius 2 is 1.53 bits per heavy atom. The molecule has 3 saturated carbocycles. The van der Waals surface area contributed by atoms with E-state index in [4.69, 9.17) is 6.30 Å². The van der Waals surface area contributed by atoms with E-state index in [1.54, 1.807) is 0 Å². The standard InChI is InChI=1S/C33H51O2P/c1-21-19-30(6)24(29(4,5)27(21)35)12-13-31(7)25(30)18-23(34)26-22-20-28(2,3)14-16-33(22,36(9,10)11)17-15-32(26,31)8/h18-19,22,24,26H,9,12-17,20H2,1-8,10-11H3/t22-,24-,26-,30-,31+,32+,33-/m0/s1. The Labute approximate surface area is 221 Å². The van der Waals surface area contributed by atoms with E-state index in [1.807, 2.05) is 6.92 Å². The molecule has 0 unspecified atom stereocenters. The predicted octanol–water partition coefficient (Wildman–Crippen LogP) is 8.16. The summed E-state index contributed by atoms with van der Waals surface area (Å²) in [6, 6.07) is 0. The fourth-order valence-electron chi connectivity index (χ4n) is 10.9. The molecule has 0 bridgehead atoms. The Hall–Kier alpha value is -0.880. The molecule has 3 fully saturated rings. The molecule has 2 nitrogen and oxygen atoms in total. The van der Waals surface area contributed by atoms with Crippen LogP contribution in [0.25, 0.3) is 0 Å². The van der Waals surface area contributed by atoms with Crippen LogP contribution in [0.5, 0.6) is 0 Å². The van der Waals surface area contributed by atoms with Gasteiger partial charge in [0.05, 0.1) is 0 Å². The van der Waals surface area contributed by atoms with Crippen LogP contribution < -0.4 is 0 Å². The summed E-state index contributed by atoms with van der Waals surface area (Å²) in [5.74, 6) is 1.43. The summed E-state index contributed by atoms with van der Waals surface area (Å²) in [6.07, 6.45) is 17.3. The van der Waals surface area contributed by atoms with Crippen molar-refractivity contribution in [3.05, 3.63) is 23.3 Å². The highest BCUT2D eigenvalue weighted by Crippen LogP contribution is 2.77. The van der Waals surface area contributed by atoms with Gasteiger partial charge < -0.3 is 0 Å². The summed E-state index contributed by atoms with van der Waals surface area (Å²) >= 11 is 0. The molecular weight excluding hydrogens is 459 g/mol. The van der Waals surface area contributed by atoms with Gasteiger partial charge in [0.1, 0.15) is 0 Å². The molecular formula is C33H51O2P. The van der Waals surface area contributed by atoms with Crippen LogP contribution >= 0.6 is 6.89 Å². The molecule has 5 aliphatic rings. The first-order valence-corrected chi connectivity index (χ1v) is 17.3. The van der Waals surface area contributed by atoms with Crippen LogP contribution in [0, 0.1) is 44.8 Å². The van der Waals surface area contributed by atoms with E-state index in [0.29, 0.717) is 11.7 Å². The number of fused-ring (bicyclic) bond motifs is 7. The van der Waals surface area contributed by atoms with Crippen molar-refractivity contribution in [3.63, 3.8) is 0 Å². The first-order valence-electron chi connectivity index (χ1n) is 14.5. The maximum atomic E-state index is 14.5. The monoisotopic (exact) mass is 510 g/mol. The van der Waals surface area contributed by atoms with E-state index in [9.17, 15) is 9.59 Å². The second-order valence-corrected chi connectivity index (χ2v) is 20.5. The van der Waals surface area contributed by atoms with Gasteiger partial charge in [-0.05, 0) is 110 Å². The lowest BCUT2D eigenvalue weighted by Crippen LogP contribution is -2.66. The van der Waals surface area contributed by atoms with Crippen molar-refractivity contribution in [2.45, 2.75) is 105 Å². The van der Waals surface area contributed by atoms with E-state index in [-0.39, 0.29) is 44.4 Å². The van der Waals surface area contributed by atoms with E-state index in [0.717, 1.165) is 31.3 Å². The van der Waals surface area contributed by atoms with Crippen molar-refractivity contribution in [1.82, 2.24) is 0 Å². The minimum Gasteiger partial charge on any atom is -0.295 e. The van der Waals surface area contributed by atoms with Crippen LogP contribution in [0.4, 0.5) is 0 Å². The number of carbonyl (C=O) groups excluding carboxylic acids is 2. The van der Waals surface area contributed by atoms with E-state index in [1.165, 1.54) is 24.8 Å². The second kappa shape index (κ2) is 7.40. The maximum absolute atomic E-state index is 14.5. The molecule has 0 aromatic rings. The summed E-state index contributed by atoms with van der Waals surface area (Å²) < 4.78 is 0. The number of ketones is 2. The number of allylic oxidation sites excluding steroid dienone is 4. The first-order chi connectivity index (χ1) is 16.3. The lowest BCUT2D eigenvalue weighted by molar-refractivity contribution is -0.153. The van der Waals surface area contributed by atoms with Gasteiger partial charge >= 0.3 is 0 Å². The topological polar surface area (TPSA) is 34.1 Å². The predicted molar refractivity (Wildman–Crippen MR) is 155 cm³/mol. The summed E-state index contributed by atoms with van der Waals surface area (Å²) in [4.78, 5) is 27.7. The highest BCUT2D eigenvalue weighted by Gasteiger charge is 2.70. The Morgan fingerprint density at radius 1 is 0.917 bits per heavy atom. The number of rotatable bonds is 1. The molecule has 0 amide bonds. The van der Waals surface area contributed by atoms with Gasteiger partial charge in [-0.1, -0.05) is 60.1 Å². The maximum Gasteiger partial charge on any atom is 0.164 e. The van der Waals surface area contributed by atoms with E-state index < -0.39 is 12.3 Å². The summed E-state index contributed by atoms with van der Waals surface area (Å²) in [5, 5.41) is 0.237. The van der Waals surface area contributed by atoms with Crippen LogP contribution in [0.15, 0.2) is 23.3 Å². The first kappa shape index (κ1) is 26.7. The van der Waals surface area contributed by atoms with Crippen molar-refractivity contribution in [1.29, 1.82) is 0 Å². The third-order valence-electron chi connectivity index (χ3n) is 13.1. The largest absolute Gasteiger partial charge is 0.295 e. The quantitative estimate of drug-likeness (QED) is 0.333. The Kier molecular flexibility index (Phi) is 5.49. The van der Waals surface area contributed by atoms with Crippen LogP contribution in [0.1, 0.15) is 100 Å². The number of carbonyl (C=O) groups is 2. The van der Waals surface area contributed by atoms with Gasteiger partial charge in [-0.3, -0.25) is 9.59 Å². The normalized spacial score (nSPS) is 47.6. The Morgan fingerprint density at radius 3 is 2.14 bits per heavy atom. The Balaban J connectivity index is 1.71. The minimum atomic E-state index is -1.42. The van der Waals surface area contributed by atoms with Gasteiger partial charge in [-0.2, -0.15) is 0 Å². The third kappa shape index (κ3) is 3.09. The lowest BCUT2D eigenvalue weighted by Gasteiger charge is -2.70. The van der Waals surface area contributed by atoms with Crippen molar-refractivity contribution in [2.75, 3.05) is 13.3 Å². The Bertz CT molecular complexity index is 1150. The average Bonchev–Trinajstić information content (AvgIpc) is 2.72. The molecule has 0 N–H and O–H groups in total. The van der Waals surface area contributed by atoms with Gasteiger partial charge in [-0.25, -0.2) is 0 Å². The number of hydrogen-bond donors (Lipinski definition) is 0. The van der Waals surface area contributed by atoms with Crippen molar-refractivity contribution < 1.29 is 9.59 Å². The summed E-state index contributed by atoms with van der Waals surface area (Å²) in [6.45, 7) is 21.9. The van der Waals surface area contributed by atoms with Gasteiger partial charge in [0.25, 0.3) is 0 Å². The minimum absolute atomic E-state index is 0.0262. The van der Waals surface area contributed by atoms with E-state index in [2.05, 4.69) is 73.9 Å². The van der Waals surface area contributed by atoms with Gasteiger partial charge in [0.15, 0.2) is 11.6 Å². The molecule has 200 valence electrons. The molecule has 3 heteroatoms. The molecule has 5 aliphatic carbocycles. The molecule has 5 rings (SSSR count). The van der Waals surface area contributed by atoms with Gasteiger partial charge in [0.2, 0.25) is 0 Å². The molecule has 0 saturated heterocycles. The smallest absolute Gasteiger partial charge is 0.164 e. The van der Waals surface area contributed by atoms with Gasteiger partial charge in [-0.15, -0.1) is 13.2 Å². The van der Waals surface area contributed by atoms with Gasteiger partial charge in [0, 0.05) is 16.7 Å². The molecule has 0 radical (unpaired) electrons. The van der Waals surface area contributed by atoms with Crippen LogP contribution in [0.2, 0.25) is 0 Å². The van der Waals surface area contributed by atoms with Crippen molar-refractivity contribution >= 4 is 24.8 Å². The molecule has 7 atom stereocenters. The number of Topliss-reactive ketones (excluding diaryl/α,β-unsaturated/α-hetero) is 1. The lowest BCUT2D eigenvalue weighted by atomic mass is 9.35. The molecule has 0 spiro atoms. The molecule has 0 aromatic carbocycles. The zero-order chi connectivity index (χ0) is 26.9. The fraction of sp³-hybridized carbons (Fsp3) is 0.788. The third-order valence-corrected chi connectivity index (χ3v) is 16.3. The van der Waals surface area contributed by atoms with E-state index >= 15 is 0 Å². The molecule has 0 aliphatic heterocycles. The molecule has 36 heavy (non-hydrogen) atoms. The molecule has 0 aromatic heterocycles. The summed E-state index contributed by atoms with van der Waals surface area (Å²) in [7, 11) is 0. The fourth-order valence-corrected chi connectivity index (χ4v) is 13.5.